The van der Waals surface area contributed by atoms with Crippen LogP contribution in [0.15, 0.2) is 24.4 Å². The fourth-order valence-electron chi connectivity index (χ4n) is 4.69. The fourth-order valence-corrected chi connectivity index (χ4v) is 6.26. The zero-order valence-corrected chi connectivity index (χ0v) is 23.5. The first-order valence-corrected chi connectivity index (χ1v) is 16.9. The van der Waals surface area contributed by atoms with Crippen molar-refractivity contribution >= 4 is 30.4 Å². The predicted molar refractivity (Wildman–Crippen MR) is 144 cm³/mol. The summed E-state index contributed by atoms with van der Waals surface area (Å²) in [5.74, 6) is 0.156. The summed E-state index contributed by atoms with van der Waals surface area (Å²) in [6.45, 7) is 9.28. The molecule has 200 valence electrons. The predicted octanol–water partition coefficient (Wildman–Crippen LogP) is 5.81. The molecule has 4 aromatic heterocycles. The van der Waals surface area contributed by atoms with Crippen molar-refractivity contribution in [1.29, 1.82) is 5.26 Å². The molecule has 1 aliphatic rings. The number of halogens is 2. The summed E-state index contributed by atoms with van der Waals surface area (Å²) in [6.07, 6.45) is -2.11. The lowest BCUT2D eigenvalue weighted by molar-refractivity contribution is 0.0555. The first-order chi connectivity index (χ1) is 18.1. The van der Waals surface area contributed by atoms with Crippen LogP contribution in [0.2, 0.25) is 25.7 Å². The first-order valence-electron chi connectivity index (χ1n) is 12.3. The van der Waals surface area contributed by atoms with Crippen LogP contribution in [0, 0.1) is 18.3 Å². The van der Waals surface area contributed by atoms with Gasteiger partial charge < -0.3 is 19.1 Å². The fraction of sp³-hybridized carbons (Fsp3) is 0.423. The summed E-state index contributed by atoms with van der Waals surface area (Å²) in [5, 5.41) is 24.9. The van der Waals surface area contributed by atoms with E-state index in [4.69, 9.17) is 9.47 Å². The average Bonchev–Trinajstić information content (AvgIpc) is 3.51. The Kier molecular flexibility index (Phi) is 7.12. The molecule has 1 aliphatic heterocycles. The van der Waals surface area contributed by atoms with E-state index in [1.807, 2.05) is 19.1 Å². The highest BCUT2D eigenvalue weighted by molar-refractivity contribution is 7.13. The number of thiophene rings is 1. The molecule has 0 radical (unpaired) electrons. The monoisotopic (exact) mass is 557 g/mol. The molecule has 4 aromatic rings. The molecule has 12 heteroatoms. The lowest BCUT2D eigenvalue weighted by Crippen LogP contribution is -2.30. The molecule has 0 aliphatic carbocycles. The minimum Gasteiger partial charge on any atom is -0.475 e. The molecule has 0 unspecified atom stereocenters. The van der Waals surface area contributed by atoms with Gasteiger partial charge in [0.2, 0.25) is 5.88 Å². The number of pyridine rings is 1. The number of ether oxygens (including phenoxy) is 2. The molecule has 0 saturated carbocycles. The van der Waals surface area contributed by atoms with E-state index in [0.717, 1.165) is 10.9 Å². The molecule has 5 rings (SSSR count). The third-order valence-corrected chi connectivity index (χ3v) is 9.09. The number of alkyl halides is 2. The number of nitrogens with zero attached hydrogens (tertiary/aromatic N) is 5. The number of hydrogen-bond donors (Lipinski definition) is 1. The molecular weight excluding hydrogens is 528 g/mol. The second-order valence-corrected chi connectivity index (χ2v) is 17.5. The van der Waals surface area contributed by atoms with Gasteiger partial charge in [-0.05, 0) is 31.2 Å². The van der Waals surface area contributed by atoms with Gasteiger partial charge >= 0.3 is 0 Å². The molecule has 0 spiro atoms. The molecule has 0 amide bonds. The van der Waals surface area contributed by atoms with E-state index in [2.05, 4.69) is 35.8 Å². The SMILES string of the molecule is Cc1cc(-c2c(-c3c(C(F)F)nn4c3OC[C@@H](O)C4)n(COCC[Si](C)(C)C)c3ncccc23)c(C#N)s1. The van der Waals surface area contributed by atoms with Crippen LogP contribution in [-0.4, -0.2) is 51.8 Å². The van der Waals surface area contributed by atoms with Gasteiger partial charge in [0.05, 0.1) is 17.8 Å². The maximum atomic E-state index is 14.5. The number of hydrogen-bond acceptors (Lipinski definition) is 7. The number of aryl methyl sites for hydroxylation is 1. The van der Waals surface area contributed by atoms with Crippen molar-refractivity contribution in [2.75, 3.05) is 13.2 Å². The molecule has 0 bridgehead atoms. The van der Waals surface area contributed by atoms with Crippen LogP contribution in [0.5, 0.6) is 5.88 Å². The minimum absolute atomic E-state index is 0.0383. The number of nitriles is 1. The van der Waals surface area contributed by atoms with Crippen LogP contribution in [0.3, 0.4) is 0 Å². The van der Waals surface area contributed by atoms with Gasteiger partial charge in [-0.3, -0.25) is 0 Å². The van der Waals surface area contributed by atoms with Crippen molar-refractivity contribution in [3.05, 3.63) is 39.8 Å². The molecule has 38 heavy (non-hydrogen) atoms. The topological polar surface area (TPSA) is 98.1 Å². The highest BCUT2D eigenvalue weighted by atomic mass is 32.1. The number of aromatic nitrogens is 4. The van der Waals surface area contributed by atoms with Gasteiger partial charge in [0.1, 0.15) is 41.7 Å². The summed E-state index contributed by atoms with van der Waals surface area (Å²) < 4.78 is 44.0. The molecular formula is C26H29F2N5O3SSi. The summed E-state index contributed by atoms with van der Waals surface area (Å²) in [4.78, 5) is 6.00. The lowest BCUT2D eigenvalue weighted by Gasteiger charge is -2.21. The van der Waals surface area contributed by atoms with Crippen LogP contribution in [0.4, 0.5) is 8.78 Å². The number of fused-ring (bicyclic) bond motifs is 2. The Hall–Kier alpha value is -3.11. The maximum Gasteiger partial charge on any atom is 0.282 e. The molecule has 8 nitrogen and oxygen atoms in total. The normalized spacial score (nSPS) is 15.6. The minimum atomic E-state index is -2.90. The third-order valence-electron chi connectivity index (χ3n) is 6.43. The molecule has 1 N–H and O–H groups in total. The number of aliphatic hydroxyl groups excluding tert-OH is 1. The van der Waals surface area contributed by atoms with Gasteiger partial charge in [0, 0.05) is 42.3 Å². The molecule has 0 aromatic carbocycles. The Bertz CT molecular complexity index is 1530. The average molecular weight is 558 g/mol. The largest absolute Gasteiger partial charge is 0.475 e. The summed E-state index contributed by atoms with van der Waals surface area (Å²) in [7, 11) is -1.36. The first kappa shape index (κ1) is 26.5. The van der Waals surface area contributed by atoms with E-state index in [1.165, 1.54) is 16.0 Å². The van der Waals surface area contributed by atoms with E-state index in [-0.39, 0.29) is 31.3 Å². The van der Waals surface area contributed by atoms with Crippen LogP contribution >= 0.6 is 11.3 Å². The third kappa shape index (κ3) is 4.87. The van der Waals surface area contributed by atoms with E-state index in [0.29, 0.717) is 39.3 Å². The smallest absolute Gasteiger partial charge is 0.282 e. The Morgan fingerprint density at radius 1 is 1.34 bits per heavy atom. The van der Waals surface area contributed by atoms with Gasteiger partial charge in [0.15, 0.2) is 0 Å². The number of aliphatic hydroxyl groups is 1. The van der Waals surface area contributed by atoms with Crippen LogP contribution in [-0.2, 0) is 18.0 Å². The highest BCUT2D eigenvalue weighted by Crippen LogP contribution is 2.49. The van der Waals surface area contributed by atoms with Crippen molar-refractivity contribution in [1.82, 2.24) is 19.3 Å². The van der Waals surface area contributed by atoms with Gasteiger partial charge in [-0.2, -0.15) is 10.4 Å². The summed E-state index contributed by atoms with van der Waals surface area (Å²) >= 11 is 1.35. The van der Waals surface area contributed by atoms with Crippen molar-refractivity contribution < 1.29 is 23.4 Å². The highest BCUT2D eigenvalue weighted by Gasteiger charge is 2.35. The maximum absolute atomic E-state index is 14.5. The van der Waals surface area contributed by atoms with Gasteiger partial charge in [-0.1, -0.05) is 19.6 Å². The Morgan fingerprint density at radius 2 is 2.13 bits per heavy atom. The second kappa shape index (κ2) is 10.2. The van der Waals surface area contributed by atoms with E-state index in [9.17, 15) is 19.1 Å². The standard InChI is InChI=1S/C26H29F2N5O3SSi/c1-15-10-18(19(11-29)37-15)20-17-6-5-7-30-25(17)32(14-35-8-9-38(2,3)4)23(20)21-22(24(27)28)31-33-12-16(34)13-36-26(21)33/h5-7,10,16,24,34H,8-9,12-14H2,1-4H3/t16-/m0/s1. The van der Waals surface area contributed by atoms with E-state index < -0.39 is 26.3 Å². The van der Waals surface area contributed by atoms with E-state index in [1.54, 1.807) is 16.8 Å². The van der Waals surface area contributed by atoms with Crippen molar-refractivity contribution in [3.8, 4) is 34.3 Å². The summed E-state index contributed by atoms with van der Waals surface area (Å²) in [5.41, 5.74) is 1.88. The van der Waals surface area contributed by atoms with Crippen LogP contribution in [0.25, 0.3) is 33.4 Å². The number of rotatable bonds is 8. The lowest BCUT2D eigenvalue weighted by atomic mass is 9.98. The van der Waals surface area contributed by atoms with Crippen LogP contribution in [0.1, 0.15) is 21.9 Å². The van der Waals surface area contributed by atoms with Crippen molar-refractivity contribution in [3.63, 3.8) is 0 Å². The zero-order valence-electron chi connectivity index (χ0n) is 21.7. The Balaban J connectivity index is 1.80. The Labute approximate surface area is 224 Å². The second-order valence-electron chi connectivity index (χ2n) is 10.6. The quantitative estimate of drug-likeness (QED) is 0.217. The summed E-state index contributed by atoms with van der Waals surface area (Å²) in [6, 6.07) is 8.76. The molecule has 1 atom stereocenters. The van der Waals surface area contributed by atoms with Gasteiger partial charge in [-0.15, -0.1) is 11.3 Å². The van der Waals surface area contributed by atoms with Gasteiger partial charge in [-0.25, -0.2) is 18.4 Å². The molecule has 5 heterocycles. The van der Waals surface area contributed by atoms with E-state index >= 15 is 0 Å². The molecule has 0 fully saturated rings. The van der Waals surface area contributed by atoms with Crippen molar-refractivity contribution in [2.45, 2.75) is 58.4 Å². The van der Waals surface area contributed by atoms with Crippen LogP contribution < -0.4 is 4.74 Å². The Morgan fingerprint density at radius 3 is 2.84 bits per heavy atom. The van der Waals surface area contributed by atoms with Gasteiger partial charge in [0.25, 0.3) is 6.43 Å². The van der Waals surface area contributed by atoms with Crippen molar-refractivity contribution in [2.24, 2.45) is 0 Å². The zero-order chi connectivity index (χ0) is 27.2. The molecule has 0 saturated heterocycles.